The largest absolute Gasteiger partial charge is 0.184 e. The van der Waals surface area contributed by atoms with Gasteiger partial charge in [0.15, 0.2) is 0 Å². The SMILES string of the molecule is CC(C)Cc1cc2c(-c3ccccc3C(F)(F)F)cccc2[cH-]1.CC(C)Cc1cc2c(-c3ccccc3C(F)(F)F)cccc2[cH-]1.[Cl][Zr][Cl].[c-]1cccc2c1[Si]c1ccccc1-2. The molecule has 0 saturated carbocycles. The van der Waals surface area contributed by atoms with Crippen molar-refractivity contribution < 1.29 is 47.2 Å². The van der Waals surface area contributed by atoms with Crippen LogP contribution in [-0.2, 0) is 46.0 Å². The number of hydrogen-bond acceptors (Lipinski definition) is 0. The van der Waals surface area contributed by atoms with Crippen LogP contribution in [0, 0.1) is 17.9 Å². The second kappa shape index (κ2) is 21.0. The van der Waals surface area contributed by atoms with Gasteiger partial charge in [-0.1, -0.05) is 122 Å². The van der Waals surface area contributed by atoms with E-state index in [4.69, 9.17) is 17.0 Å². The summed E-state index contributed by atoms with van der Waals surface area (Å²) in [5.74, 6) is 1.02. The first-order chi connectivity index (χ1) is 29.6. The van der Waals surface area contributed by atoms with Crippen molar-refractivity contribution in [3.8, 4) is 33.4 Å². The Kier molecular flexibility index (Phi) is 16.0. The van der Waals surface area contributed by atoms with E-state index < -0.39 is 44.3 Å². The Labute approximate surface area is 381 Å². The van der Waals surface area contributed by atoms with E-state index in [0.29, 0.717) is 23.0 Å². The Morgan fingerprint density at radius 3 is 1.39 bits per heavy atom. The maximum absolute atomic E-state index is 13.3. The number of alkyl halides is 6. The predicted molar refractivity (Wildman–Crippen MR) is 244 cm³/mol. The summed E-state index contributed by atoms with van der Waals surface area (Å²) in [6.45, 7) is 8.55. The number of benzene rings is 6. The molecule has 10 heteroatoms. The molecule has 2 radical (unpaired) electrons. The first kappa shape index (κ1) is 47.3. The molecule has 0 atom stereocenters. The molecule has 8 aromatic carbocycles. The van der Waals surface area contributed by atoms with Gasteiger partial charge in [-0.3, -0.25) is 0 Å². The maximum Gasteiger partial charge on any atom is 0.0920 e. The van der Waals surface area contributed by atoms with Gasteiger partial charge in [-0.25, -0.2) is 0 Å². The molecule has 0 aromatic heterocycles. The summed E-state index contributed by atoms with van der Waals surface area (Å²) in [7, 11) is 10.7. The minimum Gasteiger partial charge on any atom is -0.184 e. The molecular weight excluding hydrogens is 929 g/mol. The molecule has 0 nitrogen and oxygen atoms in total. The molecule has 0 aliphatic carbocycles. The summed E-state index contributed by atoms with van der Waals surface area (Å²) in [4.78, 5) is 0. The van der Waals surface area contributed by atoms with Gasteiger partial charge in [0.1, 0.15) is 0 Å². The molecule has 0 saturated heterocycles. The first-order valence-corrected chi connectivity index (χ1v) is 27.4. The molecule has 0 N–H and O–H groups in total. The fraction of sp³-hybridized carbons (Fsp3) is 0.192. The van der Waals surface area contributed by atoms with E-state index in [9.17, 15) is 26.3 Å². The number of hydrogen-bond donors (Lipinski definition) is 0. The van der Waals surface area contributed by atoms with E-state index >= 15 is 0 Å². The van der Waals surface area contributed by atoms with Crippen LogP contribution in [-0.4, -0.2) is 9.52 Å². The van der Waals surface area contributed by atoms with Crippen LogP contribution < -0.4 is 10.4 Å². The fourth-order valence-electron chi connectivity index (χ4n) is 7.90. The molecule has 1 heterocycles. The summed E-state index contributed by atoms with van der Waals surface area (Å²) < 4.78 is 79.9. The second-order valence-electron chi connectivity index (χ2n) is 15.8. The van der Waals surface area contributed by atoms with Crippen molar-refractivity contribution in [2.45, 2.75) is 52.9 Å². The Morgan fingerprint density at radius 2 is 0.935 bits per heavy atom. The monoisotopic (exact) mass is 969 g/mol. The van der Waals surface area contributed by atoms with Crippen molar-refractivity contribution in [1.29, 1.82) is 0 Å². The van der Waals surface area contributed by atoms with Crippen LogP contribution in [0.1, 0.15) is 49.9 Å². The molecular formula is C52H43Cl2F6SiZr-3. The molecule has 8 aromatic rings. The Hall–Kier alpha value is -4.20. The Balaban J connectivity index is 0.000000155. The third-order valence-corrected chi connectivity index (χ3v) is 11.7. The quantitative estimate of drug-likeness (QED) is 0.0885. The number of fused-ring (bicyclic) bond motifs is 5. The topological polar surface area (TPSA) is 0 Å². The van der Waals surface area contributed by atoms with Gasteiger partial charge >= 0.3 is 50.2 Å². The van der Waals surface area contributed by atoms with Crippen molar-refractivity contribution in [2.24, 2.45) is 11.8 Å². The van der Waals surface area contributed by atoms with Gasteiger partial charge in [-0.15, -0.1) is 74.6 Å². The van der Waals surface area contributed by atoms with Crippen LogP contribution in [0.4, 0.5) is 26.3 Å². The van der Waals surface area contributed by atoms with Crippen molar-refractivity contribution >= 4 is 58.5 Å². The summed E-state index contributed by atoms with van der Waals surface area (Å²) >= 11 is -0.826. The van der Waals surface area contributed by atoms with E-state index in [2.05, 4.69) is 82.3 Å². The second-order valence-corrected chi connectivity index (χ2v) is 20.8. The average molecular weight is 972 g/mol. The molecule has 1 aliphatic rings. The van der Waals surface area contributed by atoms with Crippen LogP contribution in [0.15, 0.2) is 152 Å². The Morgan fingerprint density at radius 1 is 0.532 bits per heavy atom. The zero-order valence-electron chi connectivity index (χ0n) is 34.5. The van der Waals surface area contributed by atoms with Crippen molar-refractivity contribution in [3.63, 3.8) is 0 Å². The minimum atomic E-state index is -4.36. The van der Waals surface area contributed by atoms with E-state index in [1.54, 1.807) is 36.4 Å². The summed E-state index contributed by atoms with van der Waals surface area (Å²) in [6.07, 6.45) is -6.86. The fourth-order valence-corrected chi connectivity index (χ4v) is 9.21. The molecule has 0 fully saturated rings. The third-order valence-electron chi connectivity index (χ3n) is 10.3. The first-order valence-electron chi connectivity index (χ1n) is 20.1. The zero-order valence-corrected chi connectivity index (χ0v) is 39.5. The van der Waals surface area contributed by atoms with Gasteiger partial charge in [-0.05, 0) is 47.9 Å². The van der Waals surface area contributed by atoms with Gasteiger partial charge in [0, 0.05) is 0 Å². The van der Waals surface area contributed by atoms with Gasteiger partial charge < -0.3 is 0 Å². The summed E-state index contributed by atoms with van der Waals surface area (Å²) in [5, 5.41) is 6.59. The van der Waals surface area contributed by atoms with Crippen molar-refractivity contribution in [3.05, 3.63) is 180 Å². The van der Waals surface area contributed by atoms with E-state index in [1.807, 2.05) is 42.5 Å². The van der Waals surface area contributed by atoms with Crippen molar-refractivity contribution in [2.75, 3.05) is 0 Å². The zero-order chi connectivity index (χ0) is 44.6. The van der Waals surface area contributed by atoms with Gasteiger partial charge in [-0.2, -0.15) is 67.9 Å². The van der Waals surface area contributed by atoms with Crippen LogP contribution in [0.5, 0.6) is 0 Å². The molecule has 318 valence electrons. The molecule has 0 unspecified atom stereocenters. The maximum atomic E-state index is 13.3. The summed E-state index contributed by atoms with van der Waals surface area (Å²) in [6, 6.07) is 49.0. The summed E-state index contributed by atoms with van der Waals surface area (Å²) in [5.41, 5.74) is 5.72. The van der Waals surface area contributed by atoms with Crippen LogP contribution in [0.2, 0.25) is 0 Å². The predicted octanol–water partition coefficient (Wildman–Crippen LogP) is 15.4. The molecule has 0 bridgehead atoms. The van der Waals surface area contributed by atoms with E-state index in [1.165, 1.54) is 44.8 Å². The minimum absolute atomic E-state index is 0.243. The Bertz CT molecular complexity index is 2540. The van der Waals surface area contributed by atoms with Gasteiger partial charge in [0.25, 0.3) is 0 Å². The molecule has 62 heavy (non-hydrogen) atoms. The molecule has 1 aliphatic heterocycles. The molecule has 0 spiro atoms. The number of halogens is 8. The normalized spacial score (nSPS) is 11.9. The molecule has 9 rings (SSSR count). The average Bonchev–Trinajstić information content (AvgIpc) is 3.95. The van der Waals surface area contributed by atoms with Crippen LogP contribution in [0.25, 0.3) is 54.9 Å². The van der Waals surface area contributed by atoms with Gasteiger partial charge in [0.2, 0.25) is 0 Å². The molecule has 0 amide bonds. The van der Waals surface area contributed by atoms with Crippen LogP contribution >= 0.6 is 17.0 Å². The standard InChI is InChI=1S/2C20H18F3.C12H7Si.2ClH.Zr/c2*1-13(2)10-14-11-15-6-5-8-16(18(15)12-14)17-7-3-4-9-19(17)20(21,22)23;1-3-7-11-9(5-1)10-6-2-4-8-12(10)13-11;;;/h2*3-9,11-13H,10H2,1-2H3;1-7H;2*1H;/q3*-1;;;+2/p-2. The third kappa shape index (κ3) is 11.7. The van der Waals surface area contributed by atoms with E-state index in [0.717, 1.165) is 56.0 Å². The number of rotatable bonds is 6. The van der Waals surface area contributed by atoms with E-state index in [-0.39, 0.29) is 11.1 Å². The van der Waals surface area contributed by atoms with Gasteiger partial charge in [0.05, 0.1) is 20.6 Å². The smallest absolute Gasteiger partial charge is 0.0920 e. The van der Waals surface area contributed by atoms with Crippen molar-refractivity contribution in [1.82, 2.24) is 0 Å². The van der Waals surface area contributed by atoms with Crippen LogP contribution in [0.3, 0.4) is 0 Å².